The number of anilines is 4. The van der Waals surface area contributed by atoms with E-state index in [1.165, 1.54) is 6.33 Å². The van der Waals surface area contributed by atoms with Crippen LogP contribution in [0.4, 0.5) is 28.7 Å². The number of nitro groups is 1. The predicted molar refractivity (Wildman–Crippen MR) is 119 cm³/mol. The van der Waals surface area contributed by atoms with Crippen molar-refractivity contribution >= 4 is 51.9 Å². The van der Waals surface area contributed by atoms with Crippen molar-refractivity contribution in [2.45, 2.75) is 19.8 Å². The van der Waals surface area contributed by atoms with E-state index in [2.05, 4.69) is 27.5 Å². The maximum Gasteiger partial charge on any atom is 0.353 e. The fraction of sp³-hybridized carbons (Fsp3) is 0.200. The van der Waals surface area contributed by atoms with Crippen molar-refractivity contribution in [3.05, 3.63) is 69.0 Å². The van der Waals surface area contributed by atoms with E-state index < -0.39 is 4.92 Å². The fourth-order valence-electron chi connectivity index (χ4n) is 2.57. The molecule has 0 aliphatic rings. The molecule has 2 aromatic carbocycles. The van der Waals surface area contributed by atoms with E-state index in [-0.39, 0.29) is 22.3 Å². The van der Waals surface area contributed by atoms with E-state index in [0.717, 1.165) is 18.6 Å². The summed E-state index contributed by atoms with van der Waals surface area (Å²) in [5.41, 5.74) is 0.689. The van der Waals surface area contributed by atoms with Crippen LogP contribution in [-0.4, -0.2) is 21.5 Å². The van der Waals surface area contributed by atoms with E-state index in [0.29, 0.717) is 23.0 Å². The van der Waals surface area contributed by atoms with Crippen LogP contribution in [0.25, 0.3) is 0 Å². The molecule has 2 N–H and O–H groups in total. The molecule has 0 spiro atoms. The third-order valence-electron chi connectivity index (χ3n) is 4.09. The Morgan fingerprint density at radius 2 is 1.77 bits per heavy atom. The molecule has 0 bridgehead atoms. The molecule has 0 fully saturated rings. The first-order chi connectivity index (χ1) is 14.5. The summed E-state index contributed by atoms with van der Waals surface area (Å²) in [6, 6.07) is 12.0. The molecule has 3 rings (SSSR count). The van der Waals surface area contributed by atoms with Gasteiger partial charge in [-0.3, -0.25) is 10.1 Å². The summed E-state index contributed by atoms with van der Waals surface area (Å²) in [7, 11) is 0. The summed E-state index contributed by atoms with van der Waals surface area (Å²) in [6.07, 6.45) is 3.24. The van der Waals surface area contributed by atoms with Gasteiger partial charge in [0, 0.05) is 5.69 Å². The highest BCUT2D eigenvalue weighted by molar-refractivity contribution is 6.43. The first-order valence-corrected chi connectivity index (χ1v) is 9.95. The molecule has 0 saturated heterocycles. The zero-order chi connectivity index (χ0) is 21.5. The van der Waals surface area contributed by atoms with Gasteiger partial charge in [-0.25, -0.2) is 9.97 Å². The lowest BCUT2D eigenvalue weighted by Gasteiger charge is -2.12. The number of hydrogen-bond donors (Lipinski definition) is 2. The SMILES string of the molecule is CCCCOc1ccc(Nc2ncnc(Nc3cccc(Cl)c3Cl)c2[N+](=O)[O-])cc1. The van der Waals surface area contributed by atoms with E-state index in [9.17, 15) is 10.1 Å². The minimum Gasteiger partial charge on any atom is -0.494 e. The van der Waals surface area contributed by atoms with Crippen LogP contribution < -0.4 is 15.4 Å². The molecule has 0 amide bonds. The zero-order valence-corrected chi connectivity index (χ0v) is 17.6. The van der Waals surface area contributed by atoms with Gasteiger partial charge in [-0.15, -0.1) is 0 Å². The van der Waals surface area contributed by atoms with E-state index in [4.69, 9.17) is 27.9 Å². The van der Waals surface area contributed by atoms with E-state index >= 15 is 0 Å². The third kappa shape index (κ3) is 5.28. The van der Waals surface area contributed by atoms with Crippen LogP contribution in [0.2, 0.25) is 10.0 Å². The average Bonchev–Trinajstić information content (AvgIpc) is 2.73. The van der Waals surface area contributed by atoms with Gasteiger partial charge in [0.05, 0.1) is 27.3 Å². The number of rotatable bonds is 9. The predicted octanol–water partition coefficient (Wildman–Crippen LogP) is 6.36. The van der Waals surface area contributed by atoms with Gasteiger partial charge in [0.1, 0.15) is 12.1 Å². The lowest BCUT2D eigenvalue weighted by molar-refractivity contribution is -0.383. The van der Waals surface area contributed by atoms with Crippen LogP contribution in [0.15, 0.2) is 48.8 Å². The fourth-order valence-corrected chi connectivity index (χ4v) is 2.92. The molecule has 156 valence electrons. The van der Waals surface area contributed by atoms with Gasteiger partial charge in [0.15, 0.2) is 0 Å². The first kappa shape index (κ1) is 21.6. The Labute approximate surface area is 183 Å². The third-order valence-corrected chi connectivity index (χ3v) is 4.91. The number of hydrogen-bond acceptors (Lipinski definition) is 7. The second-order valence-corrected chi connectivity index (χ2v) is 7.04. The molecule has 3 aromatic rings. The average molecular weight is 448 g/mol. The van der Waals surface area contributed by atoms with Gasteiger partial charge in [0.25, 0.3) is 0 Å². The Bertz CT molecular complexity index is 1030. The topological polar surface area (TPSA) is 102 Å². The van der Waals surface area contributed by atoms with Crippen molar-refractivity contribution in [2.24, 2.45) is 0 Å². The van der Waals surface area contributed by atoms with Gasteiger partial charge >= 0.3 is 5.69 Å². The van der Waals surface area contributed by atoms with Gasteiger partial charge in [-0.05, 0) is 42.8 Å². The molecule has 1 aromatic heterocycles. The minimum atomic E-state index is -0.564. The monoisotopic (exact) mass is 447 g/mol. The van der Waals surface area contributed by atoms with Crippen molar-refractivity contribution in [2.75, 3.05) is 17.2 Å². The second kappa shape index (κ2) is 10.1. The highest BCUT2D eigenvalue weighted by Crippen LogP contribution is 2.36. The molecule has 30 heavy (non-hydrogen) atoms. The maximum absolute atomic E-state index is 11.7. The molecule has 0 saturated carbocycles. The van der Waals surface area contributed by atoms with E-state index in [1.54, 1.807) is 42.5 Å². The van der Waals surface area contributed by atoms with Crippen molar-refractivity contribution in [1.29, 1.82) is 0 Å². The van der Waals surface area contributed by atoms with Crippen molar-refractivity contribution in [3.8, 4) is 5.75 Å². The standard InChI is InChI=1S/C20H19Cl2N5O3/c1-2-3-11-30-14-9-7-13(8-10-14)25-19-18(27(28)29)20(24-12-23-19)26-16-6-4-5-15(21)17(16)22/h4-10,12H,2-3,11H2,1H3,(H2,23,24,25,26). The Balaban J connectivity index is 1.84. The maximum atomic E-state index is 11.7. The number of halogens is 2. The molecule has 0 unspecified atom stereocenters. The number of ether oxygens (including phenoxy) is 1. The smallest absolute Gasteiger partial charge is 0.353 e. The number of aromatic nitrogens is 2. The summed E-state index contributed by atoms with van der Waals surface area (Å²) in [5.74, 6) is 0.751. The van der Waals surface area contributed by atoms with Crippen molar-refractivity contribution in [1.82, 2.24) is 9.97 Å². The Morgan fingerprint density at radius 1 is 1.07 bits per heavy atom. The molecular formula is C20H19Cl2N5O3. The van der Waals surface area contributed by atoms with Gasteiger partial charge < -0.3 is 15.4 Å². The van der Waals surface area contributed by atoms with Crippen molar-refractivity contribution in [3.63, 3.8) is 0 Å². The molecule has 1 heterocycles. The normalized spacial score (nSPS) is 10.5. The van der Waals surface area contributed by atoms with Gasteiger partial charge in [-0.1, -0.05) is 42.6 Å². The molecular weight excluding hydrogens is 429 g/mol. The van der Waals surface area contributed by atoms with Gasteiger partial charge in [0.2, 0.25) is 11.6 Å². The summed E-state index contributed by atoms with van der Waals surface area (Å²) in [4.78, 5) is 19.2. The first-order valence-electron chi connectivity index (χ1n) is 9.20. The molecule has 10 heteroatoms. The molecule has 8 nitrogen and oxygen atoms in total. The second-order valence-electron chi connectivity index (χ2n) is 6.25. The van der Waals surface area contributed by atoms with Crippen LogP contribution in [0.1, 0.15) is 19.8 Å². The number of unbranched alkanes of at least 4 members (excludes halogenated alkanes) is 1. The highest BCUT2D eigenvalue weighted by Gasteiger charge is 2.24. The Morgan fingerprint density at radius 3 is 2.43 bits per heavy atom. The quantitative estimate of drug-likeness (QED) is 0.223. The summed E-state index contributed by atoms with van der Waals surface area (Å²) in [6.45, 7) is 2.73. The van der Waals surface area contributed by atoms with Crippen molar-refractivity contribution < 1.29 is 9.66 Å². The van der Waals surface area contributed by atoms with Crippen LogP contribution in [-0.2, 0) is 0 Å². The number of nitrogens with zero attached hydrogens (tertiary/aromatic N) is 3. The minimum absolute atomic E-state index is 0.0128. The van der Waals surface area contributed by atoms with Crippen LogP contribution in [0, 0.1) is 10.1 Å². The summed E-state index contributed by atoms with van der Waals surface area (Å²) >= 11 is 12.2. The Hall–Kier alpha value is -3.10. The van der Waals surface area contributed by atoms with E-state index in [1.807, 2.05) is 0 Å². The molecule has 0 aliphatic carbocycles. The largest absolute Gasteiger partial charge is 0.494 e. The highest BCUT2D eigenvalue weighted by atomic mass is 35.5. The number of nitrogens with one attached hydrogen (secondary N) is 2. The zero-order valence-electron chi connectivity index (χ0n) is 16.1. The lowest BCUT2D eigenvalue weighted by Crippen LogP contribution is -2.06. The van der Waals surface area contributed by atoms with Gasteiger partial charge in [-0.2, -0.15) is 0 Å². The summed E-state index contributed by atoms with van der Waals surface area (Å²) < 4.78 is 5.62. The Kier molecular flexibility index (Phi) is 7.26. The molecule has 0 aliphatic heterocycles. The lowest BCUT2D eigenvalue weighted by atomic mass is 10.3. The van der Waals surface area contributed by atoms with Crippen LogP contribution in [0.3, 0.4) is 0 Å². The number of benzene rings is 2. The van der Waals surface area contributed by atoms with Crippen LogP contribution >= 0.6 is 23.2 Å². The summed E-state index contributed by atoms with van der Waals surface area (Å²) in [5, 5.41) is 18.1. The molecule has 0 radical (unpaired) electrons. The van der Waals surface area contributed by atoms with Crippen LogP contribution in [0.5, 0.6) is 5.75 Å². The molecule has 0 atom stereocenters.